The van der Waals surface area contributed by atoms with Crippen molar-refractivity contribution in [1.82, 2.24) is 10.2 Å². The van der Waals surface area contributed by atoms with Gasteiger partial charge in [-0.3, -0.25) is 4.90 Å². The predicted molar refractivity (Wildman–Crippen MR) is 98.2 cm³/mol. The lowest BCUT2D eigenvalue weighted by Gasteiger charge is -2.35. The number of piperidine rings is 1. The zero-order valence-electron chi connectivity index (χ0n) is 15.0. The predicted octanol–water partition coefficient (Wildman–Crippen LogP) is 2.71. The summed E-state index contributed by atoms with van der Waals surface area (Å²) in [6, 6.07) is 7.90. The largest absolute Gasteiger partial charge is 0.494 e. The lowest BCUT2D eigenvalue weighted by molar-refractivity contribution is 0.110. The number of amides is 2. The van der Waals surface area contributed by atoms with E-state index < -0.39 is 0 Å². The Balaban J connectivity index is 1.35. The number of hydrogen-bond donors (Lipinski definition) is 2. The molecule has 1 aromatic carbocycles. The van der Waals surface area contributed by atoms with E-state index in [1.807, 2.05) is 31.2 Å². The maximum Gasteiger partial charge on any atom is 0.319 e. The van der Waals surface area contributed by atoms with Crippen LogP contribution in [-0.4, -0.2) is 56.4 Å². The van der Waals surface area contributed by atoms with Gasteiger partial charge in [-0.05, 0) is 69.5 Å². The van der Waals surface area contributed by atoms with Gasteiger partial charge in [-0.1, -0.05) is 0 Å². The lowest BCUT2D eigenvalue weighted by Crippen LogP contribution is -2.44. The second kappa shape index (κ2) is 9.06. The van der Waals surface area contributed by atoms with Crippen LogP contribution in [0.4, 0.5) is 10.5 Å². The van der Waals surface area contributed by atoms with Crippen LogP contribution in [0, 0.1) is 5.92 Å². The number of nitrogens with zero attached hydrogens (tertiary/aromatic N) is 1. The molecule has 2 saturated heterocycles. The Morgan fingerprint density at radius 2 is 2.00 bits per heavy atom. The number of ether oxygens (including phenoxy) is 2. The number of nitrogens with one attached hydrogen (secondary N) is 2. The van der Waals surface area contributed by atoms with Crippen molar-refractivity contribution in [3.8, 4) is 5.75 Å². The molecule has 3 rings (SSSR count). The van der Waals surface area contributed by atoms with Gasteiger partial charge in [0, 0.05) is 24.9 Å². The van der Waals surface area contributed by atoms with Crippen molar-refractivity contribution in [3.63, 3.8) is 0 Å². The van der Waals surface area contributed by atoms with Crippen molar-refractivity contribution in [3.05, 3.63) is 24.3 Å². The molecule has 0 spiro atoms. The minimum absolute atomic E-state index is 0.143. The summed E-state index contributed by atoms with van der Waals surface area (Å²) >= 11 is 0. The van der Waals surface area contributed by atoms with Gasteiger partial charge in [0.2, 0.25) is 0 Å². The third kappa shape index (κ3) is 5.34. The molecule has 2 amide bonds. The smallest absolute Gasteiger partial charge is 0.319 e. The molecule has 0 bridgehead atoms. The molecular weight excluding hydrogens is 318 g/mol. The molecule has 0 aromatic heterocycles. The van der Waals surface area contributed by atoms with Gasteiger partial charge in [-0.25, -0.2) is 4.79 Å². The molecule has 6 heteroatoms. The van der Waals surface area contributed by atoms with Crippen molar-refractivity contribution in [2.45, 2.75) is 32.2 Å². The van der Waals surface area contributed by atoms with E-state index in [0.29, 0.717) is 18.6 Å². The minimum Gasteiger partial charge on any atom is -0.494 e. The molecule has 138 valence electrons. The molecule has 2 heterocycles. The molecule has 1 unspecified atom stereocenters. The topological polar surface area (TPSA) is 62.8 Å². The molecule has 2 fully saturated rings. The highest BCUT2D eigenvalue weighted by atomic mass is 16.5. The number of carbonyl (C=O) groups is 1. The fourth-order valence-electron chi connectivity index (χ4n) is 3.55. The third-order valence-corrected chi connectivity index (χ3v) is 5.05. The van der Waals surface area contributed by atoms with Gasteiger partial charge in [0.15, 0.2) is 0 Å². The second-order valence-electron chi connectivity index (χ2n) is 6.79. The first-order chi connectivity index (χ1) is 12.2. The molecule has 2 aliphatic heterocycles. The maximum atomic E-state index is 12.1. The molecule has 0 aliphatic carbocycles. The summed E-state index contributed by atoms with van der Waals surface area (Å²) in [6.07, 6.45) is 3.44. The van der Waals surface area contributed by atoms with E-state index in [2.05, 4.69) is 15.5 Å². The summed E-state index contributed by atoms with van der Waals surface area (Å²) < 4.78 is 10.9. The van der Waals surface area contributed by atoms with Gasteiger partial charge >= 0.3 is 6.03 Å². The summed E-state index contributed by atoms with van der Waals surface area (Å²) in [5, 5.41) is 5.87. The highest BCUT2D eigenvalue weighted by Gasteiger charge is 2.27. The Kier molecular flexibility index (Phi) is 6.53. The summed E-state index contributed by atoms with van der Waals surface area (Å²) in [5.74, 6) is 1.37. The Bertz CT molecular complexity index is 535. The van der Waals surface area contributed by atoms with E-state index in [1.54, 1.807) is 0 Å². The summed E-state index contributed by atoms with van der Waals surface area (Å²) in [5.41, 5.74) is 0.775. The number of benzene rings is 1. The Morgan fingerprint density at radius 3 is 2.64 bits per heavy atom. The Labute approximate surface area is 149 Å². The van der Waals surface area contributed by atoms with Crippen LogP contribution in [0.25, 0.3) is 0 Å². The first-order valence-corrected chi connectivity index (χ1v) is 9.34. The molecule has 1 aromatic rings. The van der Waals surface area contributed by atoms with Crippen LogP contribution >= 0.6 is 0 Å². The summed E-state index contributed by atoms with van der Waals surface area (Å²) in [4.78, 5) is 14.6. The number of carbonyl (C=O) groups excluding carboxylic acids is 1. The Hall–Kier alpha value is -1.79. The molecule has 0 radical (unpaired) electrons. The van der Waals surface area contributed by atoms with Crippen LogP contribution in [-0.2, 0) is 4.74 Å². The lowest BCUT2D eigenvalue weighted by atomic mass is 9.95. The first-order valence-electron chi connectivity index (χ1n) is 9.34. The van der Waals surface area contributed by atoms with Crippen LogP contribution in [0.5, 0.6) is 5.75 Å². The number of rotatable bonds is 6. The van der Waals surface area contributed by atoms with Gasteiger partial charge in [-0.2, -0.15) is 0 Å². The van der Waals surface area contributed by atoms with E-state index in [0.717, 1.165) is 63.5 Å². The minimum atomic E-state index is -0.143. The fourth-order valence-corrected chi connectivity index (χ4v) is 3.55. The van der Waals surface area contributed by atoms with Crippen molar-refractivity contribution >= 4 is 11.7 Å². The molecule has 2 aliphatic rings. The van der Waals surface area contributed by atoms with Crippen molar-refractivity contribution in [2.24, 2.45) is 5.92 Å². The van der Waals surface area contributed by atoms with Gasteiger partial charge in [0.05, 0.1) is 13.2 Å². The van der Waals surface area contributed by atoms with Crippen molar-refractivity contribution in [1.29, 1.82) is 0 Å². The van der Waals surface area contributed by atoms with Gasteiger partial charge in [0.1, 0.15) is 5.75 Å². The molecule has 25 heavy (non-hydrogen) atoms. The van der Waals surface area contributed by atoms with E-state index in [-0.39, 0.29) is 6.03 Å². The van der Waals surface area contributed by atoms with E-state index in [1.165, 1.54) is 0 Å². The average Bonchev–Trinajstić information content (AvgIpc) is 3.17. The first kappa shape index (κ1) is 18.0. The number of hydrogen-bond acceptors (Lipinski definition) is 4. The second-order valence-corrected chi connectivity index (χ2v) is 6.79. The zero-order chi connectivity index (χ0) is 17.5. The van der Waals surface area contributed by atoms with Gasteiger partial charge in [-0.15, -0.1) is 0 Å². The van der Waals surface area contributed by atoms with Crippen LogP contribution in [0.15, 0.2) is 24.3 Å². The van der Waals surface area contributed by atoms with E-state index in [9.17, 15) is 4.79 Å². The Morgan fingerprint density at radius 1 is 1.24 bits per heavy atom. The van der Waals surface area contributed by atoms with Crippen LogP contribution in [0.3, 0.4) is 0 Å². The highest BCUT2D eigenvalue weighted by molar-refractivity contribution is 5.89. The van der Waals surface area contributed by atoms with Gasteiger partial charge in [0.25, 0.3) is 0 Å². The SMILES string of the molecule is CCOc1ccc(NC(=O)NCC2CCN(C3CCOC3)CC2)cc1. The third-order valence-electron chi connectivity index (χ3n) is 5.05. The van der Waals surface area contributed by atoms with E-state index in [4.69, 9.17) is 9.47 Å². The van der Waals surface area contributed by atoms with Gasteiger partial charge < -0.3 is 20.1 Å². The highest BCUT2D eigenvalue weighted by Crippen LogP contribution is 2.22. The van der Waals surface area contributed by atoms with E-state index >= 15 is 0 Å². The fraction of sp³-hybridized carbons (Fsp3) is 0.632. The van der Waals surface area contributed by atoms with Crippen LogP contribution in [0.2, 0.25) is 0 Å². The van der Waals surface area contributed by atoms with Crippen LogP contribution < -0.4 is 15.4 Å². The normalized spacial score (nSPS) is 21.9. The average molecular weight is 347 g/mol. The molecule has 6 nitrogen and oxygen atoms in total. The zero-order valence-corrected chi connectivity index (χ0v) is 15.0. The number of urea groups is 1. The molecule has 1 atom stereocenters. The monoisotopic (exact) mass is 347 g/mol. The van der Waals surface area contributed by atoms with Crippen molar-refractivity contribution < 1.29 is 14.3 Å². The maximum absolute atomic E-state index is 12.1. The molecule has 2 N–H and O–H groups in total. The quantitative estimate of drug-likeness (QED) is 0.831. The summed E-state index contributed by atoms with van der Waals surface area (Å²) in [6.45, 7) is 7.33. The van der Waals surface area contributed by atoms with Crippen LogP contribution in [0.1, 0.15) is 26.2 Å². The molecule has 0 saturated carbocycles. The summed E-state index contributed by atoms with van der Waals surface area (Å²) in [7, 11) is 0. The number of anilines is 1. The molecular formula is C19H29N3O3. The standard InChI is InChI=1S/C19H29N3O3/c1-2-25-18-5-3-16(4-6-18)21-19(23)20-13-15-7-10-22(11-8-15)17-9-12-24-14-17/h3-6,15,17H,2,7-14H2,1H3,(H2,20,21,23). The van der Waals surface area contributed by atoms with Crippen molar-refractivity contribution in [2.75, 3.05) is 44.8 Å². The number of likely N-dealkylation sites (tertiary alicyclic amines) is 1.